The van der Waals surface area contributed by atoms with Gasteiger partial charge in [-0.3, -0.25) is 14.9 Å². The third kappa shape index (κ3) is 4.11. The van der Waals surface area contributed by atoms with Gasteiger partial charge in [-0.1, -0.05) is 34.1 Å². The molecule has 0 heterocycles. The first kappa shape index (κ1) is 17.9. The lowest BCUT2D eigenvalue weighted by molar-refractivity contribution is -0.385. The lowest BCUT2D eigenvalue weighted by Crippen LogP contribution is -2.26. The average Bonchev–Trinajstić information content (AvgIpc) is 2.56. The SMILES string of the molecule is CCOc1ccc(C(=O)N(C)Cc2ccccc2Br)cc1[N+](=O)[O-]. The van der Waals surface area contributed by atoms with Crippen LogP contribution < -0.4 is 4.74 Å². The molecule has 0 aromatic heterocycles. The lowest BCUT2D eigenvalue weighted by Gasteiger charge is -2.18. The molecule has 2 aromatic rings. The second-order valence-corrected chi connectivity index (χ2v) is 5.98. The van der Waals surface area contributed by atoms with Crippen LogP contribution in [0.1, 0.15) is 22.8 Å². The van der Waals surface area contributed by atoms with Crippen LogP contribution >= 0.6 is 15.9 Å². The number of nitro groups is 1. The monoisotopic (exact) mass is 392 g/mol. The Morgan fingerprint density at radius 1 is 1.29 bits per heavy atom. The van der Waals surface area contributed by atoms with Crippen molar-refractivity contribution >= 4 is 27.5 Å². The molecule has 0 atom stereocenters. The maximum atomic E-state index is 12.6. The molecular formula is C17H17BrN2O4. The number of halogens is 1. The number of nitro benzene ring substituents is 1. The number of benzene rings is 2. The van der Waals surface area contributed by atoms with Gasteiger partial charge in [0.05, 0.1) is 11.5 Å². The predicted molar refractivity (Wildman–Crippen MR) is 94.2 cm³/mol. The molecule has 0 unspecified atom stereocenters. The zero-order valence-corrected chi connectivity index (χ0v) is 14.9. The van der Waals surface area contributed by atoms with Gasteiger partial charge in [-0.05, 0) is 30.7 Å². The van der Waals surface area contributed by atoms with E-state index in [2.05, 4.69) is 15.9 Å². The van der Waals surface area contributed by atoms with Gasteiger partial charge in [-0.15, -0.1) is 0 Å². The average molecular weight is 393 g/mol. The first-order valence-electron chi connectivity index (χ1n) is 7.34. The first-order valence-corrected chi connectivity index (χ1v) is 8.13. The zero-order valence-electron chi connectivity index (χ0n) is 13.4. The number of carbonyl (C=O) groups is 1. The highest BCUT2D eigenvalue weighted by Crippen LogP contribution is 2.28. The summed E-state index contributed by atoms with van der Waals surface area (Å²) < 4.78 is 6.14. The van der Waals surface area contributed by atoms with Crippen molar-refractivity contribution in [2.45, 2.75) is 13.5 Å². The maximum Gasteiger partial charge on any atom is 0.311 e. The molecule has 7 heteroatoms. The molecule has 0 aliphatic heterocycles. The molecule has 24 heavy (non-hydrogen) atoms. The summed E-state index contributed by atoms with van der Waals surface area (Å²) in [6.07, 6.45) is 0. The minimum Gasteiger partial charge on any atom is -0.487 e. The molecule has 2 rings (SSSR count). The number of hydrogen-bond donors (Lipinski definition) is 0. The van der Waals surface area contributed by atoms with Crippen molar-refractivity contribution in [3.05, 3.63) is 68.2 Å². The summed E-state index contributed by atoms with van der Waals surface area (Å²) in [5, 5.41) is 11.2. The van der Waals surface area contributed by atoms with Crippen LogP contribution in [0, 0.1) is 10.1 Å². The number of carbonyl (C=O) groups excluding carboxylic acids is 1. The smallest absolute Gasteiger partial charge is 0.311 e. The van der Waals surface area contributed by atoms with E-state index < -0.39 is 4.92 Å². The first-order chi connectivity index (χ1) is 11.4. The lowest BCUT2D eigenvalue weighted by atomic mass is 10.1. The fourth-order valence-electron chi connectivity index (χ4n) is 2.24. The van der Waals surface area contributed by atoms with Crippen LogP contribution in [0.15, 0.2) is 46.9 Å². The van der Waals surface area contributed by atoms with E-state index in [9.17, 15) is 14.9 Å². The largest absolute Gasteiger partial charge is 0.487 e. The topological polar surface area (TPSA) is 72.7 Å². The highest BCUT2D eigenvalue weighted by Gasteiger charge is 2.20. The summed E-state index contributed by atoms with van der Waals surface area (Å²) in [7, 11) is 1.66. The zero-order chi connectivity index (χ0) is 17.7. The van der Waals surface area contributed by atoms with Gasteiger partial charge in [0.1, 0.15) is 0 Å². The van der Waals surface area contributed by atoms with E-state index in [0.717, 1.165) is 10.0 Å². The molecule has 0 aliphatic carbocycles. The van der Waals surface area contributed by atoms with E-state index in [0.29, 0.717) is 13.2 Å². The van der Waals surface area contributed by atoms with Crippen LogP contribution in [-0.4, -0.2) is 29.4 Å². The molecule has 0 spiro atoms. The Kier molecular flexibility index (Phi) is 5.92. The van der Waals surface area contributed by atoms with E-state index in [4.69, 9.17) is 4.74 Å². The van der Waals surface area contributed by atoms with E-state index in [1.165, 1.54) is 23.1 Å². The molecule has 6 nitrogen and oxygen atoms in total. The molecule has 0 fully saturated rings. The highest BCUT2D eigenvalue weighted by molar-refractivity contribution is 9.10. The molecule has 0 N–H and O–H groups in total. The normalized spacial score (nSPS) is 10.3. The van der Waals surface area contributed by atoms with Crippen molar-refractivity contribution in [2.24, 2.45) is 0 Å². The second kappa shape index (κ2) is 7.92. The maximum absolute atomic E-state index is 12.6. The minimum absolute atomic E-state index is 0.160. The van der Waals surface area contributed by atoms with Crippen LogP contribution in [0.4, 0.5) is 5.69 Å². The summed E-state index contributed by atoms with van der Waals surface area (Å²) in [6, 6.07) is 11.8. The van der Waals surface area contributed by atoms with Gasteiger partial charge in [0.2, 0.25) is 0 Å². The number of hydrogen-bond acceptors (Lipinski definition) is 4. The van der Waals surface area contributed by atoms with Crippen molar-refractivity contribution in [2.75, 3.05) is 13.7 Å². The molecule has 0 saturated heterocycles. The quantitative estimate of drug-likeness (QED) is 0.549. The third-order valence-electron chi connectivity index (χ3n) is 3.41. The molecule has 0 saturated carbocycles. The fraction of sp³-hybridized carbons (Fsp3) is 0.235. The Bertz CT molecular complexity index is 764. The Labute approximate surface area is 148 Å². The molecule has 2 aromatic carbocycles. The Hall–Kier alpha value is -2.41. The van der Waals surface area contributed by atoms with E-state index in [-0.39, 0.29) is 22.9 Å². The molecule has 0 aliphatic rings. The second-order valence-electron chi connectivity index (χ2n) is 5.13. The van der Waals surface area contributed by atoms with Crippen LogP contribution in [0.2, 0.25) is 0 Å². The minimum atomic E-state index is -0.546. The van der Waals surface area contributed by atoms with Gasteiger partial charge in [-0.2, -0.15) is 0 Å². The number of ether oxygens (including phenoxy) is 1. The van der Waals surface area contributed by atoms with E-state index >= 15 is 0 Å². The van der Waals surface area contributed by atoms with Gasteiger partial charge in [-0.25, -0.2) is 0 Å². The van der Waals surface area contributed by atoms with E-state index in [1.54, 1.807) is 14.0 Å². The fourth-order valence-corrected chi connectivity index (χ4v) is 2.66. The Morgan fingerprint density at radius 2 is 2.00 bits per heavy atom. The number of nitrogens with zero attached hydrogens (tertiary/aromatic N) is 2. The standard InChI is InChI=1S/C17H17BrN2O4/c1-3-24-16-9-8-12(10-15(16)20(22)23)17(21)19(2)11-13-6-4-5-7-14(13)18/h4-10H,3,11H2,1-2H3. The van der Waals surface area contributed by atoms with Crippen molar-refractivity contribution in [1.82, 2.24) is 4.90 Å². The predicted octanol–water partition coefficient (Wildman–Crippen LogP) is 4.03. The van der Waals surface area contributed by atoms with Crippen molar-refractivity contribution in [3.8, 4) is 5.75 Å². The highest BCUT2D eigenvalue weighted by atomic mass is 79.9. The van der Waals surface area contributed by atoms with Crippen LogP contribution in [-0.2, 0) is 6.54 Å². The Balaban J connectivity index is 2.24. The summed E-state index contributed by atoms with van der Waals surface area (Å²) in [5.41, 5.74) is 0.991. The molecule has 1 amide bonds. The van der Waals surface area contributed by atoms with E-state index in [1.807, 2.05) is 24.3 Å². The van der Waals surface area contributed by atoms with Crippen LogP contribution in [0.3, 0.4) is 0 Å². The number of rotatable bonds is 6. The summed E-state index contributed by atoms with van der Waals surface area (Å²) in [6.45, 7) is 2.45. The third-order valence-corrected chi connectivity index (χ3v) is 4.19. The van der Waals surface area contributed by atoms with Gasteiger partial charge >= 0.3 is 5.69 Å². The molecule has 126 valence electrons. The van der Waals surface area contributed by atoms with Crippen molar-refractivity contribution in [1.29, 1.82) is 0 Å². The summed E-state index contributed by atoms with van der Waals surface area (Å²) in [4.78, 5) is 24.7. The summed E-state index contributed by atoms with van der Waals surface area (Å²) in [5.74, 6) is -0.135. The van der Waals surface area contributed by atoms with Crippen LogP contribution in [0.5, 0.6) is 5.75 Å². The van der Waals surface area contributed by atoms with Crippen molar-refractivity contribution < 1.29 is 14.5 Å². The van der Waals surface area contributed by atoms with Gasteiger partial charge in [0, 0.05) is 29.7 Å². The molecular weight excluding hydrogens is 376 g/mol. The number of amides is 1. The van der Waals surface area contributed by atoms with Gasteiger partial charge in [0.15, 0.2) is 5.75 Å². The van der Waals surface area contributed by atoms with Gasteiger partial charge in [0.25, 0.3) is 5.91 Å². The van der Waals surface area contributed by atoms with Crippen LogP contribution in [0.25, 0.3) is 0 Å². The summed E-state index contributed by atoms with van der Waals surface area (Å²) >= 11 is 3.44. The van der Waals surface area contributed by atoms with Crippen molar-refractivity contribution in [3.63, 3.8) is 0 Å². The molecule has 0 radical (unpaired) electrons. The Morgan fingerprint density at radius 3 is 2.62 bits per heavy atom. The molecule has 0 bridgehead atoms. The van der Waals surface area contributed by atoms with Gasteiger partial charge < -0.3 is 9.64 Å².